The van der Waals surface area contributed by atoms with Gasteiger partial charge in [0.25, 0.3) is 0 Å². The normalized spacial score (nSPS) is 12.6. The van der Waals surface area contributed by atoms with Crippen molar-refractivity contribution in [3.8, 4) is 0 Å². The van der Waals surface area contributed by atoms with E-state index in [2.05, 4.69) is 99.8 Å². The largest absolute Gasteiger partial charge is 0.0786 e. The molecule has 2 rings (SSSR count). The molecule has 0 amide bonds. The molecule has 0 aliphatic heterocycles. The van der Waals surface area contributed by atoms with Crippen molar-refractivity contribution in [2.45, 2.75) is 32.5 Å². The van der Waals surface area contributed by atoms with Crippen LogP contribution in [-0.4, -0.2) is 0 Å². The minimum Gasteiger partial charge on any atom is -0.0786 e. The summed E-state index contributed by atoms with van der Waals surface area (Å²) in [7, 11) is 0. The van der Waals surface area contributed by atoms with Crippen LogP contribution < -0.4 is 0 Å². The molecular formula is C17H17Br3. The Morgan fingerprint density at radius 1 is 0.850 bits per heavy atom. The fraction of sp³-hybridized carbons (Fsp3) is 0.294. The van der Waals surface area contributed by atoms with Crippen molar-refractivity contribution in [3.05, 3.63) is 66.6 Å². The van der Waals surface area contributed by atoms with E-state index in [1.54, 1.807) is 0 Å². The maximum atomic E-state index is 3.90. The SMILES string of the molecule is Cc1cc(C)c(C)c(C(Br)c2cc(Br)ccc2Br)c1C. The maximum Gasteiger partial charge on any atom is 0.0661 e. The summed E-state index contributed by atoms with van der Waals surface area (Å²) >= 11 is 11.1. The summed E-state index contributed by atoms with van der Waals surface area (Å²) in [5.41, 5.74) is 8.04. The quantitative estimate of drug-likeness (QED) is 0.426. The minimum absolute atomic E-state index is 0.188. The summed E-state index contributed by atoms with van der Waals surface area (Å²) in [6, 6.07) is 8.57. The van der Waals surface area contributed by atoms with Crippen LogP contribution in [0, 0.1) is 27.7 Å². The van der Waals surface area contributed by atoms with Crippen LogP contribution in [-0.2, 0) is 0 Å². The second-order valence-corrected chi connectivity index (χ2v) is 7.89. The fourth-order valence-electron chi connectivity index (χ4n) is 2.49. The highest BCUT2D eigenvalue weighted by Crippen LogP contribution is 2.41. The lowest BCUT2D eigenvalue weighted by Crippen LogP contribution is -2.04. The molecular weight excluding hydrogens is 444 g/mol. The molecule has 1 unspecified atom stereocenters. The van der Waals surface area contributed by atoms with Crippen molar-refractivity contribution in [2.24, 2.45) is 0 Å². The van der Waals surface area contributed by atoms with Crippen LogP contribution in [0.5, 0.6) is 0 Å². The van der Waals surface area contributed by atoms with E-state index >= 15 is 0 Å². The molecule has 0 N–H and O–H groups in total. The summed E-state index contributed by atoms with van der Waals surface area (Å²) in [5, 5.41) is 0. The van der Waals surface area contributed by atoms with Gasteiger partial charge in [0.05, 0.1) is 4.83 Å². The zero-order chi connectivity index (χ0) is 15.0. The average molecular weight is 461 g/mol. The molecule has 1 atom stereocenters. The first-order valence-electron chi connectivity index (χ1n) is 6.49. The molecule has 0 aliphatic rings. The van der Waals surface area contributed by atoms with Gasteiger partial charge in [0.1, 0.15) is 0 Å². The molecule has 0 spiro atoms. The van der Waals surface area contributed by atoms with Gasteiger partial charge in [0.2, 0.25) is 0 Å². The van der Waals surface area contributed by atoms with Crippen LogP contribution in [0.25, 0.3) is 0 Å². The average Bonchev–Trinajstić information content (AvgIpc) is 2.39. The molecule has 0 nitrogen and oxygen atoms in total. The van der Waals surface area contributed by atoms with Crippen LogP contribution in [0.15, 0.2) is 33.2 Å². The van der Waals surface area contributed by atoms with E-state index in [1.807, 2.05) is 0 Å². The Morgan fingerprint density at radius 2 is 1.40 bits per heavy atom. The van der Waals surface area contributed by atoms with Gasteiger partial charge in [-0.3, -0.25) is 0 Å². The summed E-state index contributed by atoms with van der Waals surface area (Å²) in [6.45, 7) is 8.77. The predicted molar refractivity (Wildman–Crippen MR) is 98.0 cm³/mol. The molecule has 0 aromatic heterocycles. The number of alkyl halides is 1. The molecule has 2 aromatic rings. The zero-order valence-corrected chi connectivity index (χ0v) is 16.8. The number of hydrogen-bond donors (Lipinski definition) is 0. The zero-order valence-electron chi connectivity index (χ0n) is 12.0. The third-order valence-electron chi connectivity index (χ3n) is 3.91. The van der Waals surface area contributed by atoms with Gasteiger partial charge in [-0.1, -0.05) is 53.9 Å². The van der Waals surface area contributed by atoms with Gasteiger partial charge in [0, 0.05) is 8.95 Å². The Hall–Kier alpha value is -0.120. The molecule has 0 saturated carbocycles. The highest BCUT2D eigenvalue weighted by molar-refractivity contribution is 9.11. The molecule has 0 aliphatic carbocycles. The maximum absolute atomic E-state index is 3.90. The van der Waals surface area contributed by atoms with Crippen LogP contribution in [0.4, 0.5) is 0 Å². The highest BCUT2D eigenvalue weighted by Gasteiger charge is 2.20. The van der Waals surface area contributed by atoms with Crippen molar-refractivity contribution >= 4 is 47.8 Å². The molecule has 3 heteroatoms. The van der Waals surface area contributed by atoms with Gasteiger partial charge in [-0.05, 0) is 79.3 Å². The molecule has 2 aromatic carbocycles. The van der Waals surface area contributed by atoms with Crippen molar-refractivity contribution in [3.63, 3.8) is 0 Å². The minimum atomic E-state index is 0.188. The van der Waals surface area contributed by atoms with Crippen molar-refractivity contribution in [1.29, 1.82) is 0 Å². The molecule has 0 radical (unpaired) electrons. The summed E-state index contributed by atoms with van der Waals surface area (Å²) in [6.07, 6.45) is 0. The van der Waals surface area contributed by atoms with Gasteiger partial charge in [-0.25, -0.2) is 0 Å². The standard InChI is InChI=1S/C17H17Br3/c1-9-7-10(2)12(4)16(11(9)3)17(20)14-8-13(18)5-6-15(14)19/h5-8,17H,1-4H3. The third-order valence-corrected chi connectivity index (χ3v) is 6.08. The van der Waals surface area contributed by atoms with Crippen LogP contribution in [0.3, 0.4) is 0 Å². The number of rotatable bonds is 2. The molecule has 106 valence electrons. The topological polar surface area (TPSA) is 0 Å². The molecule has 0 heterocycles. The van der Waals surface area contributed by atoms with Gasteiger partial charge >= 0.3 is 0 Å². The lowest BCUT2D eigenvalue weighted by atomic mass is 9.90. The monoisotopic (exact) mass is 458 g/mol. The Labute approximate surface area is 146 Å². The van der Waals surface area contributed by atoms with E-state index in [1.165, 1.54) is 33.4 Å². The number of aryl methyl sites for hydroxylation is 2. The molecule has 0 fully saturated rings. The number of hydrogen-bond acceptors (Lipinski definition) is 0. The van der Waals surface area contributed by atoms with E-state index in [9.17, 15) is 0 Å². The lowest BCUT2D eigenvalue weighted by Gasteiger charge is -2.21. The van der Waals surface area contributed by atoms with Gasteiger partial charge in [-0.15, -0.1) is 0 Å². The van der Waals surface area contributed by atoms with E-state index in [0.717, 1.165) is 8.95 Å². The van der Waals surface area contributed by atoms with Crippen LogP contribution in [0.2, 0.25) is 0 Å². The Balaban J connectivity index is 2.65. The first-order valence-corrected chi connectivity index (χ1v) is 8.99. The Morgan fingerprint density at radius 3 is 1.95 bits per heavy atom. The first-order chi connectivity index (χ1) is 9.32. The van der Waals surface area contributed by atoms with E-state index in [0.29, 0.717) is 0 Å². The Kier molecular flexibility index (Phi) is 5.14. The number of halogens is 3. The molecule has 0 bridgehead atoms. The Bertz CT molecular complexity index is 634. The van der Waals surface area contributed by atoms with E-state index in [4.69, 9.17) is 0 Å². The van der Waals surface area contributed by atoms with E-state index < -0.39 is 0 Å². The highest BCUT2D eigenvalue weighted by atomic mass is 79.9. The van der Waals surface area contributed by atoms with Crippen molar-refractivity contribution < 1.29 is 0 Å². The third kappa shape index (κ3) is 3.05. The molecule has 0 saturated heterocycles. The molecule has 20 heavy (non-hydrogen) atoms. The summed E-state index contributed by atoms with van der Waals surface area (Å²) < 4.78 is 2.22. The van der Waals surface area contributed by atoms with E-state index in [-0.39, 0.29) is 4.83 Å². The van der Waals surface area contributed by atoms with Crippen LogP contribution in [0.1, 0.15) is 38.2 Å². The fourth-order valence-corrected chi connectivity index (χ4v) is 4.72. The number of benzene rings is 2. The predicted octanol–water partition coefficient (Wildman–Crippen LogP) is 6.93. The summed E-state index contributed by atoms with van der Waals surface area (Å²) in [5.74, 6) is 0. The van der Waals surface area contributed by atoms with Crippen molar-refractivity contribution in [1.82, 2.24) is 0 Å². The van der Waals surface area contributed by atoms with Gasteiger partial charge < -0.3 is 0 Å². The summed E-state index contributed by atoms with van der Waals surface area (Å²) in [4.78, 5) is 0.188. The second-order valence-electron chi connectivity index (χ2n) is 5.20. The van der Waals surface area contributed by atoms with Gasteiger partial charge in [0.15, 0.2) is 0 Å². The second kappa shape index (κ2) is 6.33. The van der Waals surface area contributed by atoms with Gasteiger partial charge in [-0.2, -0.15) is 0 Å². The first kappa shape index (κ1) is 16.3. The lowest BCUT2D eigenvalue weighted by molar-refractivity contribution is 1.07. The van der Waals surface area contributed by atoms with Crippen molar-refractivity contribution in [2.75, 3.05) is 0 Å². The van der Waals surface area contributed by atoms with Crippen LogP contribution >= 0.6 is 47.8 Å². The smallest absolute Gasteiger partial charge is 0.0661 e.